The van der Waals surface area contributed by atoms with E-state index in [-0.39, 0.29) is 23.1 Å². The second-order valence-electron chi connectivity index (χ2n) is 4.56. The Morgan fingerprint density at radius 3 is 1.61 bits per heavy atom. The van der Waals surface area contributed by atoms with Crippen LogP contribution in [0.1, 0.15) is 11.1 Å². The van der Waals surface area contributed by atoms with Crippen molar-refractivity contribution in [3.05, 3.63) is 58.5 Å². The fraction of sp³-hybridized carbons (Fsp3) is 0.143. The van der Waals surface area contributed by atoms with Crippen LogP contribution in [-0.4, -0.2) is 0 Å². The first-order valence-electron chi connectivity index (χ1n) is 6.09. The van der Waals surface area contributed by atoms with Crippen molar-refractivity contribution >= 4 is 17.1 Å². The highest BCUT2D eigenvalue weighted by atomic mass is 19.4. The minimum absolute atomic E-state index is 0.0462. The monoisotopic (exact) mass is 334 g/mol. The maximum atomic E-state index is 12.7. The standard InChI is InChI=1S/C14H8F6N2O/c15-13(16,17)8-5-9(14(18,19)20)7-12(6-8)21-10-1-3-11(22-23)4-2-10/h1-7,21H. The highest BCUT2D eigenvalue weighted by molar-refractivity contribution is 5.63. The molecule has 0 saturated carbocycles. The summed E-state index contributed by atoms with van der Waals surface area (Å²) in [5, 5.41) is 5.07. The summed E-state index contributed by atoms with van der Waals surface area (Å²) in [6.07, 6.45) is -9.83. The van der Waals surface area contributed by atoms with Gasteiger partial charge in [-0.15, -0.1) is 4.91 Å². The van der Waals surface area contributed by atoms with Crippen molar-refractivity contribution in [1.29, 1.82) is 0 Å². The van der Waals surface area contributed by atoms with Crippen LogP contribution < -0.4 is 5.32 Å². The average Bonchev–Trinajstić information content (AvgIpc) is 2.46. The normalized spacial score (nSPS) is 12.1. The molecule has 0 aliphatic rings. The number of alkyl halides is 6. The molecule has 0 aliphatic carbocycles. The molecule has 2 aromatic carbocycles. The quantitative estimate of drug-likeness (QED) is 0.564. The summed E-state index contributed by atoms with van der Waals surface area (Å²) < 4.78 is 76.4. The van der Waals surface area contributed by atoms with E-state index in [0.29, 0.717) is 12.1 Å². The summed E-state index contributed by atoms with van der Waals surface area (Å²) in [7, 11) is 0. The topological polar surface area (TPSA) is 41.5 Å². The number of nitrogens with zero attached hydrogens (tertiary/aromatic N) is 1. The van der Waals surface area contributed by atoms with Gasteiger partial charge in [-0.3, -0.25) is 0 Å². The summed E-state index contributed by atoms with van der Waals surface area (Å²) in [5.41, 5.74) is -2.92. The first-order chi connectivity index (χ1) is 10.6. The average molecular weight is 334 g/mol. The first-order valence-corrected chi connectivity index (χ1v) is 6.09. The summed E-state index contributed by atoms with van der Waals surface area (Å²) >= 11 is 0. The third-order valence-corrected chi connectivity index (χ3v) is 2.85. The number of nitroso groups, excluding NO2 is 1. The Morgan fingerprint density at radius 1 is 0.739 bits per heavy atom. The fourth-order valence-electron chi connectivity index (χ4n) is 1.80. The Bertz CT molecular complexity index is 674. The lowest BCUT2D eigenvalue weighted by Crippen LogP contribution is -2.11. The molecule has 0 unspecified atom stereocenters. The van der Waals surface area contributed by atoms with Gasteiger partial charge in [-0.1, -0.05) is 0 Å². The van der Waals surface area contributed by atoms with Gasteiger partial charge in [0.1, 0.15) is 5.69 Å². The molecule has 122 valence electrons. The molecular weight excluding hydrogens is 326 g/mol. The molecular formula is C14H8F6N2O. The molecule has 23 heavy (non-hydrogen) atoms. The second kappa shape index (κ2) is 5.90. The lowest BCUT2D eigenvalue weighted by atomic mass is 10.1. The van der Waals surface area contributed by atoms with E-state index in [1.54, 1.807) is 0 Å². The van der Waals surface area contributed by atoms with Crippen LogP contribution in [0.25, 0.3) is 0 Å². The summed E-state index contributed by atoms with van der Waals surface area (Å²) in [4.78, 5) is 10.3. The zero-order chi connectivity index (χ0) is 17.3. The molecule has 0 atom stereocenters. The molecule has 0 fully saturated rings. The Hall–Kier alpha value is -2.58. The Labute approximate surface area is 125 Å². The van der Waals surface area contributed by atoms with Gasteiger partial charge in [0.2, 0.25) is 0 Å². The molecule has 2 rings (SSSR count). The molecule has 0 spiro atoms. The van der Waals surface area contributed by atoms with E-state index < -0.39 is 23.5 Å². The van der Waals surface area contributed by atoms with Gasteiger partial charge in [0.15, 0.2) is 0 Å². The lowest BCUT2D eigenvalue weighted by Gasteiger charge is -2.15. The van der Waals surface area contributed by atoms with Crippen molar-refractivity contribution in [2.75, 3.05) is 5.32 Å². The maximum Gasteiger partial charge on any atom is 0.416 e. The molecule has 0 bridgehead atoms. The molecule has 0 saturated heterocycles. The third kappa shape index (κ3) is 4.21. The number of anilines is 2. The van der Waals surface area contributed by atoms with Crippen molar-refractivity contribution in [2.24, 2.45) is 5.18 Å². The molecule has 2 aromatic rings. The van der Waals surface area contributed by atoms with Gasteiger partial charge in [0, 0.05) is 11.4 Å². The summed E-state index contributed by atoms with van der Waals surface area (Å²) in [5.74, 6) is 0. The maximum absolute atomic E-state index is 12.7. The fourth-order valence-corrected chi connectivity index (χ4v) is 1.80. The van der Waals surface area contributed by atoms with E-state index in [2.05, 4.69) is 10.5 Å². The van der Waals surface area contributed by atoms with Crippen LogP contribution in [0.5, 0.6) is 0 Å². The molecule has 0 amide bonds. The smallest absolute Gasteiger partial charge is 0.355 e. The number of benzene rings is 2. The molecule has 0 aliphatic heterocycles. The van der Waals surface area contributed by atoms with Crippen molar-refractivity contribution in [3.63, 3.8) is 0 Å². The SMILES string of the molecule is O=Nc1ccc(Nc2cc(C(F)(F)F)cc(C(F)(F)F)c2)cc1. The summed E-state index contributed by atoms with van der Waals surface area (Å²) in [6.45, 7) is 0. The third-order valence-electron chi connectivity index (χ3n) is 2.85. The van der Waals surface area contributed by atoms with E-state index >= 15 is 0 Å². The Balaban J connectivity index is 2.42. The molecule has 1 N–H and O–H groups in total. The van der Waals surface area contributed by atoms with Crippen molar-refractivity contribution in [2.45, 2.75) is 12.4 Å². The van der Waals surface area contributed by atoms with Gasteiger partial charge in [-0.25, -0.2) is 0 Å². The van der Waals surface area contributed by atoms with Gasteiger partial charge in [-0.2, -0.15) is 26.3 Å². The largest absolute Gasteiger partial charge is 0.416 e. The minimum atomic E-state index is -4.91. The number of rotatable bonds is 3. The first kappa shape index (κ1) is 16.8. The molecule has 3 nitrogen and oxygen atoms in total. The van der Waals surface area contributed by atoms with Crippen LogP contribution in [0.2, 0.25) is 0 Å². The van der Waals surface area contributed by atoms with E-state index in [4.69, 9.17) is 0 Å². The molecule has 9 heteroatoms. The predicted octanol–water partition coefficient (Wildman–Crippen LogP) is 5.87. The van der Waals surface area contributed by atoms with Gasteiger partial charge < -0.3 is 5.32 Å². The van der Waals surface area contributed by atoms with Crippen LogP contribution in [0, 0.1) is 4.91 Å². The van der Waals surface area contributed by atoms with Gasteiger partial charge in [-0.05, 0) is 47.6 Å². The highest BCUT2D eigenvalue weighted by Crippen LogP contribution is 2.38. The van der Waals surface area contributed by atoms with Crippen LogP contribution >= 0.6 is 0 Å². The predicted molar refractivity (Wildman–Crippen MR) is 71.6 cm³/mol. The number of hydrogen-bond donors (Lipinski definition) is 1. The van der Waals surface area contributed by atoms with E-state index in [0.717, 1.165) is 0 Å². The van der Waals surface area contributed by atoms with E-state index in [1.807, 2.05) is 0 Å². The molecule has 0 aromatic heterocycles. The van der Waals surface area contributed by atoms with E-state index in [9.17, 15) is 31.2 Å². The van der Waals surface area contributed by atoms with E-state index in [1.165, 1.54) is 24.3 Å². The number of hydrogen-bond acceptors (Lipinski definition) is 3. The molecule has 0 heterocycles. The van der Waals surface area contributed by atoms with Gasteiger partial charge >= 0.3 is 12.4 Å². The minimum Gasteiger partial charge on any atom is -0.355 e. The number of nitrogens with one attached hydrogen (secondary N) is 1. The Morgan fingerprint density at radius 2 is 1.22 bits per heavy atom. The molecule has 0 radical (unpaired) electrons. The Kier molecular flexibility index (Phi) is 4.31. The summed E-state index contributed by atoms with van der Waals surface area (Å²) in [6, 6.07) is 6.35. The van der Waals surface area contributed by atoms with Crippen LogP contribution in [0.4, 0.5) is 43.4 Å². The van der Waals surface area contributed by atoms with Gasteiger partial charge in [0.25, 0.3) is 0 Å². The van der Waals surface area contributed by atoms with Crippen molar-refractivity contribution in [3.8, 4) is 0 Å². The second-order valence-corrected chi connectivity index (χ2v) is 4.56. The van der Waals surface area contributed by atoms with Crippen LogP contribution in [0.15, 0.2) is 47.6 Å². The lowest BCUT2D eigenvalue weighted by molar-refractivity contribution is -0.143. The zero-order valence-corrected chi connectivity index (χ0v) is 11.2. The van der Waals surface area contributed by atoms with Crippen molar-refractivity contribution < 1.29 is 26.3 Å². The van der Waals surface area contributed by atoms with Gasteiger partial charge in [0.05, 0.1) is 11.1 Å². The van der Waals surface area contributed by atoms with Crippen LogP contribution in [0.3, 0.4) is 0 Å². The van der Waals surface area contributed by atoms with Crippen LogP contribution in [-0.2, 0) is 12.4 Å². The highest BCUT2D eigenvalue weighted by Gasteiger charge is 2.36. The number of halogens is 6. The zero-order valence-electron chi connectivity index (χ0n) is 11.2. The van der Waals surface area contributed by atoms with Crippen molar-refractivity contribution in [1.82, 2.24) is 0 Å².